The molecule has 0 saturated heterocycles. The highest BCUT2D eigenvalue weighted by Gasteiger charge is 2.17. The minimum absolute atomic E-state index is 0.00192. The standard InChI is InChI=1S/C29H30FN5O3S/c1-18-10-20(33-15-18)13-22(36)11-19-4-5-25(23(30)12-19)38-26-6-7-32-24-14-27(39-28(24)26)29-34-17-21(35(29)2)16-31-8-9-37-3/h4-7,10,12,14,17,31H,8-9,11,13,15-16H2,1-3H3. The number of ketones is 1. The topological polar surface area (TPSA) is 90.6 Å². The number of methoxy groups -OCH3 is 1. The number of nitrogens with zero attached hydrogens (tertiary/aromatic N) is 4. The molecule has 1 aliphatic rings. The Morgan fingerprint density at radius 1 is 1.18 bits per heavy atom. The number of thiophene rings is 1. The van der Waals surface area contributed by atoms with Crippen LogP contribution in [-0.2, 0) is 29.5 Å². The minimum atomic E-state index is -0.522. The maximum atomic E-state index is 15.0. The van der Waals surface area contributed by atoms with Crippen molar-refractivity contribution >= 4 is 33.0 Å². The van der Waals surface area contributed by atoms with E-state index in [0.717, 1.165) is 44.4 Å². The van der Waals surface area contributed by atoms with Gasteiger partial charge >= 0.3 is 0 Å². The summed E-state index contributed by atoms with van der Waals surface area (Å²) >= 11 is 1.49. The molecule has 0 aliphatic carbocycles. The van der Waals surface area contributed by atoms with Crippen LogP contribution in [0.15, 0.2) is 59.4 Å². The summed E-state index contributed by atoms with van der Waals surface area (Å²) in [4.78, 5) is 26.8. The molecule has 0 amide bonds. The molecular weight excluding hydrogens is 517 g/mol. The van der Waals surface area contributed by atoms with E-state index in [1.54, 1.807) is 31.5 Å². The first kappa shape index (κ1) is 26.9. The van der Waals surface area contributed by atoms with Gasteiger partial charge in [-0.3, -0.25) is 14.8 Å². The molecular formula is C29H30FN5O3S. The summed E-state index contributed by atoms with van der Waals surface area (Å²) < 4.78 is 28.9. The number of aliphatic imine (C=N–C) groups is 1. The Bertz CT molecular complexity index is 1570. The third-order valence-corrected chi connectivity index (χ3v) is 7.54. The number of Topliss-reactive ketones (excluding diaryl/α,β-unsaturated/α-hetero) is 1. The van der Waals surface area contributed by atoms with E-state index >= 15 is 4.39 Å². The number of carbonyl (C=O) groups excluding carboxylic acids is 1. The predicted molar refractivity (Wildman–Crippen MR) is 151 cm³/mol. The van der Waals surface area contributed by atoms with E-state index in [1.807, 2.05) is 36.9 Å². The molecule has 0 spiro atoms. The van der Waals surface area contributed by atoms with E-state index in [0.29, 0.717) is 31.0 Å². The minimum Gasteiger partial charge on any atom is -0.453 e. The third-order valence-electron chi connectivity index (χ3n) is 6.41. The van der Waals surface area contributed by atoms with Crippen molar-refractivity contribution in [3.05, 3.63) is 71.4 Å². The van der Waals surface area contributed by atoms with Crippen LogP contribution in [0.25, 0.3) is 20.9 Å². The van der Waals surface area contributed by atoms with Crippen LogP contribution in [0.2, 0.25) is 0 Å². The fraction of sp³-hybridized carbons (Fsp3) is 0.310. The summed E-state index contributed by atoms with van der Waals surface area (Å²) in [7, 11) is 3.66. The second kappa shape index (κ2) is 12.0. The monoisotopic (exact) mass is 547 g/mol. The van der Waals surface area contributed by atoms with Crippen molar-refractivity contribution in [2.45, 2.75) is 26.3 Å². The summed E-state index contributed by atoms with van der Waals surface area (Å²) in [5.41, 5.74) is 4.33. The lowest BCUT2D eigenvalue weighted by atomic mass is 10.0. The number of nitrogens with one attached hydrogen (secondary N) is 1. The van der Waals surface area contributed by atoms with E-state index in [9.17, 15) is 4.79 Å². The third kappa shape index (κ3) is 6.30. The Labute approximate surface area is 230 Å². The summed E-state index contributed by atoms with van der Waals surface area (Å²) in [5.74, 6) is 0.898. The molecule has 4 heterocycles. The number of hydrogen-bond acceptors (Lipinski definition) is 8. The molecule has 0 fully saturated rings. The number of rotatable bonds is 12. The quantitative estimate of drug-likeness (QED) is 0.243. The van der Waals surface area contributed by atoms with Gasteiger partial charge in [0.2, 0.25) is 0 Å². The zero-order chi connectivity index (χ0) is 27.4. The largest absolute Gasteiger partial charge is 0.453 e. The second-order valence-electron chi connectivity index (χ2n) is 9.49. The number of pyridine rings is 1. The molecule has 0 radical (unpaired) electrons. The van der Waals surface area contributed by atoms with Crippen LogP contribution in [0.1, 0.15) is 24.6 Å². The number of hydrogen-bond donors (Lipinski definition) is 1. The van der Waals surface area contributed by atoms with E-state index in [1.165, 1.54) is 17.4 Å². The first-order chi connectivity index (χ1) is 18.9. The maximum Gasteiger partial charge on any atom is 0.166 e. The molecule has 0 atom stereocenters. The average Bonchev–Trinajstić information content (AvgIpc) is 3.62. The van der Waals surface area contributed by atoms with E-state index in [2.05, 4.69) is 20.3 Å². The van der Waals surface area contributed by atoms with Crippen molar-refractivity contribution in [2.24, 2.45) is 12.0 Å². The van der Waals surface area contributed by atoms with Gasteiger partial charge in [0, 0.05) is 58.1 Å². The maximum absolute atomic E-state index is 15.0. The molecule has 5 rings (SSSR count). The van der Waals surface area contributed by atoms with Gasteiger partial charge in [0.15, 0.2) is 11.6 Å². The predicted octanol–water partition coefficient (Wildman–Crippen LogP) is 5.27. The molecule has 39 heavy (non-hydrogen) atoms. The van der Waals surface area contributed by atoms with Crippen molar-refractivity contribution in [1.82, 2.24) is 19.9 Å². The van der Waals surface area contributed by atoms with Crippen molar-refractivity contribution in [3.8, 4) is 22.2 Å². The lowest BCUT2D eigenvalue weighted by molar-refractivity contribution is -0.117. The Morgan fingerprint density at radius 3 is 2.82 bits per heavy atom. The molecule has 3 aromatic heterocycles. The number of halogens is 1. The van der Waals surface area contributed by atoms with Gasteiger partial charge in [-0.1, -0.05) is 11.6 Å². The van der Waals surface area contributed by atoms with Crippen LogP contribution < -0.4 is 10.1 Å². The zero-order valence-corrected chi connectivity index (χ0v) is 23.0. The van der Waals surface area contributed by atoms with Gasteiger partial charge in [-0.25, -0.2) is 9.37 Å². The van der Waals surface area contributed by atoms with Gasteiger partial charge in [0.1, 0.15) is 17.4 Å². The van der Waals surface area contributed by atoms with Crippen molar-refractivity contribution < 1.29 is 18.7 Å². The fourth-order valence-electron chi connectivity index (χ4n) is 4.39. The van der Waals surface area contributed by atoms with Crippen LogP contribution in [0.5, 0.6) is 11.5 Å². The lowest BCUT2D eigenvalue weighted by Gasteiger charge is -2.09. The first-order valence-corrected chi connectivity index (χ1v) is 13.5. The smallest absolute Gasteiger partial charge is 0.166 e. The van der Waals surface area contributed by atoms with E-state index < -0.39 is 5.82 Å². The molecule has 8 nitrogen and oxygen atoms in total. The highest BCUT2D eigenvalue weighted by molar-refractivity contribution is 7.22. The molecule has 10 heteroatoms. The Kier molecular flexibility index (Phi) is 8.25. The molecule has 202 valence electrons. The molecule has 1 N–H and O–H groups in total. The molecule has 0 saturated carbocycles. The summed E-state index contributed by atoms with van der Waals surface area (Å²) in [6, 6.07) is 8.34. The van der Waals surface area contributed by atoms with Gasteiger partial charge in [0.25, 0.3) is 0 Å². The average molecular weight is 548 g/mol. The summed E-state index contributed by atoms with van der Waals surface area (Å²) in [6.07, 6.45) is 5.84. The van der Waals surface area contributed by atoms with Crippen LogP contribution >= 0.6 is 11.3 Å². The zero-order valence-electron chi connectivity index (χ0n) is 22.2. The summed E-state index contributed by atoms with van der Waals surface area (Å²) in [6.45, 7) is 4.71. The van der Waals surface area contributed by atoms with E-state index in [-0.39, 0.29) is 24.4 Å². The van der Waals surface area contributed by atoms with Crippen LogP contribution in [0, 0.1) is 5.82 Å². The number of aromatic nitrogens is 3. The van der Waals surface area contributed by atoms with E-state index in [4.69, 9.17) is 9.47 Å². The van der Waals surface area contributed by atoms with Gasteiger partial charge < -0.3 is 19.4 Å². The van der Waals surface area contributed by atoms with Crippen molar-refractivity contribution in [2.75, 3.05) is 26.8 Å². The van der Waals surface area contributed by atoms with Crippen molar-refractivity contribution in [1.29, 1.82) is 0 Å². The SMILES string of the molecule is COCCNCc1cnc(-c2cc3nccc(Oc4ccc(CC(=O)CC5=NCC(C)=C5)cc4F)c3s2)n1C. The Morgan fingerprint density at radius 2 is 2.05 bits per heavy atom. The number of allylic oxidation sites excluding steroid dienone is 1. The molecule has 1 aliphatic heterocycles. The van der Waals surface area contributed by atoms with Gasteiger partial charge in [-0.15, -0.1) is 11.3 Å². The summed E-state index contributed by atoms with van der Waals surface area (Å²) in [5, 5.41) is 3.33. The fourth-order valence-corrected chi connectivity index (χ4v) is 5.49. The normalized spacial score (nSPS) is 13.1. The van der Waals surface area contributed by atoms with Crippen LogP contribution in [-0.4, -0.2) is 52.8 Å². The Hall–Kier alpha value is -3.73. The first-order valence-electron chi connectivity index (χ1n) is 12.7. The van der Waals surface area contributed by atoms with Gasteiger partial charge in [-0.05, 0) is 36.8 Å². The molecule has 4 aromatic rings. The molecule has 0 bridgehead atoms. The van der Waals surface area contributed by atoms with Crippen LogP contribution in [0.4, 0.5) is 4.39 Å². The van der Waals surface area contributed by atoms with Crippen LogP contribution in [0.3, 0.4) is 0 Å². The number of imidazole rings is 1. The highest BCUT2D eigenvalue weighted by atomic mass is 32.1. The lowest BCUT2D eigenvalue weighted by Crippen LogP contribution is -2.20. The van der Waals surface area contributed by atoms with Gasteiger partial charge in [0.05, 0.1) is 40.1 Å². The molecule has 0 unspecified atom stereocenters. The number of fused-ring (bicyclic) bond motifs is 1. The van der Waals surface area contributed by atoms with Crippen molar-refractivity contribution in [3.63, 3.8) is 0 Å². The Balaban J connectivity index is 1.30. The second-order valence-corrected chi connectivity index (χ2v) is 10.5. The number of ether oxygens (including phenoxy) is 2. The molecule has 1 aromatic carbocycles. The van der Waals surface area contributed by atoms with Gasteiger partial charge in [-0.2, -0.15) is 0 Å². The number of carbonyl (C=O) groups is 1. The highest BCUT2D eigenvalue weighted by Crippen LogP contribution is 2.39. The number of benzene rings is 1.